The minimum Gasteiger partial charge on any atom is -0.497 e. The molecule has 0 spiro atoms. The van der Waals surface area contributed by atoms with Crippen molar-refractivity contribution in [3.63, 3.8) is 0 Å². The van der Waals surface area contributed by atoms with Gasteiger partial charge in [0, 0.05) is 11.6 Å². The molecule has 0 heterocycles. The van der Waals surface area contributed by atoms with E-state index in [0.29, 0.717) is 16.5 Å². The predicted octanol–water partition coefficient (Wildman–Crippen LogP) is 3.00. The van der Waals surface area contributed by atoms with Gasteiger partial charge in [0.2, 0.25) is 0 Å². The Kier molecular flexibility index (Phi) is 3.20. The maximum atomic E-state index is 5.96. The van der Waals surface area contributed by atoms with Gasteiger partial charge in [-0.15, -0.1) is 0 Å². The molecule has 0 aromatic heterocycles. The first-order valence-corrected chi connectivity index (χ1v) is 4.14. The van der Waals surface area contributed by atoms with Crippen LogP contribution in [0.15, 0.2) is 18.7 Å². The third-order valence-corrected chi connectivity index (χ3v) is 2.04. The van der Waals surface area contributed by atoms with E-state index >= 15 is 0 Å². The lowest BCUT2D eigenvalue weighted by atomic mass is 10.2. The summed E-state index contributed by atoms with van der Waals surface area (Å²) in [6, 6.07) is 3.49. The summed E-state index contributed by atoms with van der Waals surface area (Å²) in [6.45, 7) is 3.65. The Balaban J connectivity index is 3.28. The summed E-state index contributed by atoms with van der Waals surface area (Å²) in [4.78, 5) is 0. The number of hydrogen-bond donors (Lipinski definition) is 0. The normalized spacial score (nSPS) is 9.46. The van der Waals surface area contributed by atoms with E-state index in [1.807, 2.05) is 0 Å². The van der Waals surface area contributed by atoms with Crippen LogP contribution in [-0.4, -0.2) is 14.2 Å². The van der Waals surface area contributed by atoms with Gasteiger partial charge in [0.15, 0.2) is 0 Å². The van der Waals surface area contributed by atoms with E-state index in [0.717, 1.165) is 5.56 Å². The van der Waals surface area contributed by atoms with E-state index in [1.165, 1.54) is 0 Å². The summed E-state index contributed by atoms with van der Waals surface area (Å²) in [7, 11) is 3.16. The van der Waals surface area contributed by atoms with Crippen LogP contribution in [0.25, 0.3) is 6.08 Å². The lowest BCUT2D eigenvalue weighted by Crippen LogP contribution is -1.90. The third kappa shape index (κ3) is 1.95. The standard InChI is InChI=1S/C10H11ClO2/c1-4-8-9(11)5-7(12-2)6-10(8)13-3/h4-6H,1H2,2-3H3. The summed E-state index contributed by atoms with van der Waals surface area (Å²) in [5, 5.41) is 0.575. The van der Waals surface area contributed by atoms with Crippen LogP contribution in [0.5, 0.6) is 11.5 Å². The van der Waals surface area contributed by atoms with Gasteiger partial charge in [-0.2, -0.15) is 0 Å². The van der Waals surface area contributed by atoms with Crippen molar-refractivity contribution in [2.45, 2.75) is 0 Å². The average Bonchev–Trinajstić information content (AvgIpc) is 2.16. The zero-order chi connectivity index (χ0) is 9.84. The van der Waals surface area contributed by atoms with Gasteiger partial charge >= 0.3 is 0 Å². The summed E-state index contributed by atoms with van der Waals surface area (Å²) >= 11 is 5.96. The Morgan fingerprint density at radius 3 is 2.46 bits per heavy atom. The molecule has 0 amide bonds. The van der Waals surface area contributed by atoms with Gasteiger partial charge < -0.3 is 9.47 Å². The molecule has 0 aliphatic heterocycles. The second kappa shape index (κ2) is 4.19. The SMILES string of the molecule is C=Cc1c(Cl)cc(OC)cc1OC. The Morgan fingerprint density at radius 1 is 1.31 bits per heavy atom. The van der Waals surface area contributed by atoms with Gasteiger partial charge in [-0.25, -0.2) is 0 Å². The molecule has 0 fully saturated rings. The fourth-order valence-electron chi connectivity index (χ4n) is 1.05. The first kappa shape index (κ1) is 9.93. The maximum absolute atomic E-state index is 5.96. The first-order valence-electron chi connectivity index (χ1n) is 3.77. The zero-order valence-electron chi connectivity index (χ0n) is 7.63. The Bertz CT molecular complexity index is 321. The molecular weight excluding hydrogens is 188 g/mol. The third-order valence-electron chi connectivity index (χ3n) is 1.72. The van der Waals surface area contributed by atoms with Crippen LogP contribution >= 0.6 is 11.6 Å². The van der Waals surface area contributed by atoms with Crippen molar-refractivity contribution in [1.82, 2.24) is 0 Å². The van der Waals surface area contributed by atoms with Gasteiger partial charge in [0.25, 0.3) is 0 Å². The van der Waals surface area contributed by atoms with E-state index in [4.69, 9.17) is 21.1 Å². The smallest absolute Gasteiger partial charge is 0.131 e. The van der Waals surface area contributed by atoms with Crippen molar-refractivity contribution in [2.75, 3.05) is 14.2 Å². The van der Waals surface area contributed by atoms with Crippen molar-refractivity contribution in [2.24, 2.45) is 0 Å². The fourth-order valence-corrected chi connectivity index (χ4v) is 1.33. The van der Waals surface area contributed by atoms with E-state index in [2.05, 4.69) is 6.58 Å². The van der Waals surface area contributed by atoms with E-state index in [9.17, 15) is 0 Å². The van der Waals surface area contributed by atoms with E-state index in [-0.39, 0.29) is 0 Å². The molecule has 0 saturated heterocycles. The molecule has 70 valence electrons. The van der Waals surface area contributed by atoms with Gasteiger partial charge in [0.05, 0.1) is 19.2 Å². The molecule has 0 radical (unpaired) electrons. The van der Waals surface area contributed by atoms with Crippen LogP contribution in [0.2, 0.25) is 5.02 Å². The molecule has 0 unspecified atom stereocenters. The van der Waals surface area contributed by atoms with Crippen molar-refractivity contribution in [3.8, 4) is 11.5 Å². The Morgan fingerprint density at radius 2 is 2.00 bits per heavy atom. The molecule has 1 aromatic rings. The van der Waals surface area contributed by atoms with Gasteiger partial charge in [0.1, 0.15) is 11.5 Å². The highest BCUT2D eigenvalue weighted by molar-refractivity contribution is 6.32. The molecule has 0 aliphatic rings. The number of methoxy groups -OCH3 is 2. The molecular formula is C10H11ClO2. The summed E-state index contributed by atoms with van der Waals surface area (Å²) in [6.07, 6.45) is 1.65. The Hall–Kier alpha value is -1.15. The molecule has 0 N–H and O–H groups in total. The van der Waals surface area contributed by atoms with Crippen molar-refractivity contribution in [1.29, 1.82) is 0 Å². The lowest BCUT2D eigenvalue weighted by Gasteiger charge is -2.09. The number of hydrogen-bond acceptors (Lipinski definition) is 2. The quantitative estimate of drug-likeness (QED) is 0.744. The highest BCUT2D eigenvalue weighted by Gasteiger charge is 2.07. The number of halogens is 1. The molecule has 13 heavy (non-hydrogen) atoms. The first-order chi connectivity index (χ1) is 6.22. The lowest BCUT2D eigenvalue weighted by molar-refractivity contribution is 0.394. The predicted molar refractivity (Wildman–Crippen MR) is 54.6 cm³/mol. The summed E-state index contributed by atoms with van der Waals surface area (Å²) in [5.74, 6) is 1.34. The van der Waals surface area contributed by atoms with Crippen molar-refractivity contribution >= 4 is 17.7 Å². The molecule has 1 rings (SSSR count). The molecule has 2 nitrogen and oxygen atoms in total. The topological polar surface area (TPSA) is 18.5 Å². The second-order valence-corrected chi connectivity index (χ2v) is 2.84. The average molecular weight is 199 g/mol. The van der Waals surface area contributed by atoms with Crippen molar-refractivity contribution < 1.29 is 9.47 Å². The van der Waals surface area contributed by atoms with Crippen LogP contribution < -0.4 is 9.47 Å². The number of ether oxygens (including phenoxy) is 2. The van der Waals surface area contributed by atoms with Crippen LogP contribution in [0.1, 0.15) is 5.56 Å². The number of rotatable bonds is 3. The van der Waals surface area contributed by atoms with Crippen molar-refractivity contribution in [3.05, 3.63) is 29.3 Å². The highest BCUT2D eigenvalue weighted by Crippen LogP contribution is 2.32. The van der Waals surface area contributed by atoms with Crippen LogP contribution in [0, 0.1) is 0 Å². The van der Waals surface area contributed by atoms with Gasteiger partial charge in [-0.05, 0) is 6.07 Å². The summed E-state index contributed by atoms with van der Waals surface area (Å²) in [5.41, 5.74) is 0.782. The van der Waals surface area contributed by atoms with Gasteiger partial charge in [-0.3, -0.25) is 0 Å². The molecule has 0 aliphatic carbocycles. The zero-order valence-corrected chi connectivity index (χ0v) is 8.39. The van der Waals surface area contributed by atoms with Crippen LogP contribution in [0.3, 0.4) is 0 Å². The molecule has 0 bridgehead atoms. The van der Waals surface area contributed by atoms with E-state index < -0.39 is 0 Å². The molecule has 1 aromatic carbocycles. The second-order valence-electron chi connectivity index (χ2n) is 2.43. The monoisotopic (exact) mass is 198 g/mol. The van der Waals surface area contributed by atoms with Crippen LogP contribution in [-0.2, 0) is 0 Å². The highest BCUT2D eigenvalue weighted by atomic mass is 35.5. The molecule has 3 heteroatoms. The largest absolute Gasteiger partial charge is 0.497 e. The molecule has 0 atom stereocenters. The maximum Gasteiger partial charge on any atom is 0.131 e. The molecule has 0 saturated carbocycles. The Labute approximate surface area is 82.7 Å². The minimum absolute atomic E-state index is 0.575. The van der Waals surface area contributed by atoms with Crippen LogP contribution in [0.4, 0.5) is 0 Å². The summed E-state index contributed by atoms with van der Waals surface area (Å²) < 4.78 is 10.2. The minimum atomic E-state index is 0.575. The van der Waals surface area contributed by atoms with Gasteiger partial charge in [-0.1, -0.05) is 24.3 Å². The van der Waals surface area contributed by atoms with E-state index in [1.54, 1.807) is 32.4 Å². The fraction of sp³-hybridized carbons (Fsp3) is 0.200. The number of benzene rings is 1.